The van der Waals surface area contributed by atoms with E-state index in [4.69, 9.17) is 17.3 Å². The van der Waals surface area contributed by atoms with Gasteiger partial charge < -0.3 is 5.73 Å². The van der Waals surface area contributed by atoms with Crippen LogP contribution in [-0.2, 0) is 6.54 Å². The summed E-state index contributed by atoms with van der Waals surface area (Å²) in [5.41, 5.74) is 9.90. The molecule has 1 aromatic heterocycles. The van der Waals surface area contributed by atoms with Crippen molar-refractivity contribution in [3.63, 3.8) is 0 Å². The number of hydrogen-bond acceptors (Lipinski definition) is 2. The minimum atomic E-state index is -0.422. The van der Waals surface area contributed by atoms with E-state index >= 15 is 0 Å². The number of aryl methyl sites for hydroxylation is 1. The first-order valence-corrected chi connectivity index (χ1v) is 7.58. The highest BCUT2D eigenvalue weighted by atomic mass is 35.5. The minimum Gasteiger partial charge on any atom is -0.366 e. The van der Waals surface area contributed by atoms with Gasteiger partial charge in [0.2, 0.25) is 5.91 Å². The summed E-state index contributed by atoms with van der Waals surface area (Å²) in [6.07, 6.45) is 3.79. The van der Waals surface area contributed by atoms with Crippen molar-refractivity contribution in [1.29, 1.82) is 0 Å². The summed E-state index contributed by atoms with van der Waals surface area (Å²) in [5.74, 6) is -0.422. The molecule has 0 fully saturated rings. The number of hydrogen-bond donors (Lipinski definition) is 1. The fourth-order valence-corrected chi connectivity index (χ4v) is 2.51. The van der Waals surface area contributed by atoms with Crippen LogP contribution in [0.3, 0.4) is 0 Å². The summed E-state index contributed by atoms with van der Waals surface area (Å²) >= 11 is 6.18. The van der Waals surface area contributed by atoms with Gasteiger partial charge in [-0.3, -0.25) is 9.48 Å². The fourth-order valence-electron chi connectivity index (χ4n) is 2.33. The normalized spacial score (nSPS) is 10.7. The van der Waals surface area contributed by atoms with E-state index in [1.807, 2.05) is 54.3 Å². The summed E-state index contributed by atoms with van der Waals surface area (Å²) in [7, 11) is 0. The number of rotatable bonds is 4. The van der Waals surface area contributed by atoms with Gasteiger partial charge in [-0.05, 0) is 41.8 Å². The van der Waals surface area contributed by atoms with E-state index in [9.17, 15) is 4.79 Å². The van der Waals surface area contributed by atoms with Crippen LogP contribution in [0.5, 0.6) is 0 Å². The third-order valence-electron chi connectivity index (χ3n) is 3.72. The Balaban J connectivity index is 1.79. The molecule has 2 aromatic carbocycles. The van der Waals surface area contributed by atoms with Gasteiger partial charge in [0.25, 0.3) is 0 Å². The topological polar surface area (TPSA) is 60.9 Å². The van der Waals surface area contributed by atoms with Crippen LogP contribution in [0, 0.1) is 6.92 Å². The van der Waals surface area contributed by atoms with E-state index in [0.29, 0.717) is 12.1 Å². The standard InChI is InChI=1S/C18H16ClN3O/c1-12-2-5-15(8-17(12)19)16-9-21-22(11-16)10-13-3-6-14(7-4-13)18(20)23/h2-9,11H,10H2,1H3,(H2,20,23). The summed E-state index contributed by atoms with van der Waals surface area (Å²) in [5, 5.41) is 5.13. The molecule has 2 N–H and O–H groups in total. The van der Waals surface area contributed by atoms with Gasteiger partial charge >= 0.3 is 0 Å². The quantitative estimate of drug-likeness (QED) is 0.795. The highest BCUT2D eigenvalue weighted by molar-refractivity contribution is 6.31. The lowest BCUT2D eigenvalue weighted by Gasteiger charge is -2.03. The maximum atomic E-state index is 11.1. The maximum absolute atomic E-state index is 11.1. The van der Waals surface area contributed by atoms with Crippen LogP contribution in [0.25, 0.3) is 11.1 Å². The van der Waals surface area contributed by atoms with Crippen LogP contribution >= 0.6 is 11.6 Å². The van der Waals surface area contributed by atoms with Crippen molar-refractivity contribution < 1.29 is 4.79 Å². The predicted octanol–water partition coefficient (Wildman–Crippen LogP) is 3.66. The highest BCUT2D eigenvalue weighted by Gasteiger charge is 2.05. The molecule has 5 heteroatoms. The van der Waals surface area contributed by atoms with E-state index in [1.165, 1.54) is 0 Å². The molecule has 0 bridgehead atoms. The lowest BCUT2D eigenvalue weighted by molar-refractivity contribution is 0.100. The second-order valence-electron chi connectivity index (χ2n) is 5.45. The SMILES string of the molecule is Cc1ccc(-c2cnn(Cc3ccc(C(N)=O)cc3)c2)cc1Cl. The van der Waals surface area contributed by atoms with E-state index in [2.05, 4.69) is 5.10 Å². The van der Waals surface area contributed by atoms with Crippen molar-refractivity contribution in [2.24, 2.45) is 5.73 Å². The molecule has 23 heavy (non-hydrogen) atoms. The third kappa shape index (κ3) is 3.43. The Kier molecular flexibility index (Phi) is 4.17. The van der Waals surface area contributed by atoms with Crippen molar-refractivity contribution in [2.75, 3.05) is 0 Å². The molecule has 116 valence electrons. The van der Waals surface area contributed by atoms with Crippen molar-refractivity contribution >= 4 is 17.5 Å². The van der Waals surface area contributed by atoms with Crippen molar-refractivity contribution in [3.8, 4) is 11.1 Å². The van der Waals surface area contributed by atoms with E-state index in [1.54, 1.807) is 12.1 Å². The van der Waals surface area contributed by atoms with Gasteiger partial charge in [0.15, 0.2) is 0 Å². The molecule has 0 aliphatic heterocycles. The Labute approximate surface area is 139 Å². The fraction of sp³-hybridized carbons (Fsp3) is 0.111. The lowest BCUT2D eigenvalue weighted by Crippen LogP contribution is -2.10. The molecule has 0 spiro atoms. The number of carbonyl (C=O) groups excluding carboxylic acids is 1. The molecular formula is C18H16ClN3O. The molecule has 1 heterocycles. The van der Waals surface area contributed by atoms with Gasteiger partial charge in [0.05, 0.1) is 12.7 Å². The number of halogens is 1. The zero-order chi connectivity index (χ0) is 16.4. The Morgan fingerprint density at radius 3 is 2.57 bits per heavy atom. The van der Waals surface area contributed by atoms with Gasteiger partial charge in [-0.15, -0.1) is 0 Å². The zero-order valence-corrected chi connectivity index (χ0v) is 13.4. The number of aromatic nitrogens is 2. The maximum Gasteiger partial charge on any atom is 0.248 e. The second kappa shape index (κ2) is 6.26. The molecule has 3 aromatic rings. The number of amides is 1. The van der Waals surface area contributed by atoms with E-state index in [-0.39, 0.29) is 0 Å². The molecule has 4 nitrogen and oxygen atoms in total. The molecule has 0 unspecified atom stereocenters. The highest BCUT2D eigenvalue weighted by Crippen LogP contribution is 2.25. The number of nitrogens with zero attached hydrogens (tertiary/aromatic N) is 2. The first-order chi connectivity index (χ1) is 11.0. The summed E-state index contributed by atoms with van der Waals surface area (Å²) in [6, 6.07) is 13.2. The largest absolute Gasteiger partial charge is 0.366 e. The van der Waals surface area contributed by atoms with Gasteiger partial charge in [0, 0.05) is 22.3 Å². The zero-order valence-electron chi connectivity index (χ0n) is 12.7. The van der Waals surface area contributed by atoms with Crippen LogP contribution in [0.4, 0.5) is 0 Å². The second-order valence-corrected chi connectivity index (χ2v) is 5.86. The Bertz CT molecular complexity index is 853. The lowest BCUT2D eigenvalue weighted by atomic mass is 10.1. The summed E-state index contributed by atoms with van der Waals surface area (Å²) in [4.78, 5) is 11.1. The number of primary amides is 1. The average Bonchev–Trinajstić information content (AvgIpc) is 2.99. The summed E-state index contributed by atoms with van der Waals surface area (Å²) < 4.78 is 1.85. The van der Waals surface area contributed by atoms with Gasteiger partial charge in [-0.25, -0.2) is 0 Å². The molecule has 0 saturated heterocycles. The molecule has 0 atom stereocenters. The average molecular weight is 326 g/mol. The number of carbonyl (C=O) groups is 1. The molecule has 1 amide bonds. The predicted molar refractivity (Wildman–Crippen MR) is 91.5 cm³/mol. The van der Waals surface area contributed by atoms with Gasteiger partial charge in [-0.1, -0.05) is 35.9 Å². The van der Waals surface area contributed by atoms with Crippen LogP contribution in [0.15, 0.2) is 54.9 Å². The van der Waals surface area contributed by atoms with Gasteiger partial charge in [0.1, 0.15) is 0 Å². The van der Waals surface area contributed by atoms with Crippen LogP contribution in [-0.4, -0.2) is 15.7 Å². The molecule has 0 radical (unpaired) electrons. The Morgan fingerprint density at radius 2 is 1.91 bits per heavy atom. The molecule has 0 aliphatic rings. The van der Waals surface area contributed by atoms with Crippen LogP contribution in [0.2, 0.25) is 5.02 Å². The third-order valence-corrected chi connectivity index (χ3v) is 4.13. The van der Waals surface area contributed by atoms with E-state index < -0.39 is 5.91 Å². The van der Waals surface area contributed by atoms with Crippen molar-refractivity contribution in [1.82, 2.24) is 9.78 Å². The number of nitrogens with two attached hydrogens (primary N) is 1. The van der Waals surface area contributed by atoms with Gasteiger partial charge in [-0.2, -0.15) is 5.10 Å². The first-order valence-electron chi connectivity index (χ1n) is 7.20. The summed E-state index contributed by atoms with van der Waals surface area (Å²) in [6.45, 7) is 2.60. The molecule has 0 saturated carbocycles. The first kappa shape index (κ1) is 15.3. The molecule has 3 rings (SSSR count). The molecule has 0 aliphatic carbocycles. The minimum absolute atomic E-state index is 0.422. The Hall–Kier alpha value is -2.59. The molecular weight excluding hydrogens is 310 g/mol. The monoisotopic (exact) mass is 325 g/mol. The Morgan fingerprint density at radius 1 is 1.17 bits per heavy atom. The van der Waals surface area contributed by atoms with Crippen molar-refractivity contribution in [2.45, 2.75) is 13.5 Å². The number of benzene rings is 2. The van der Waals surface area contributed by atoms with Crippen LogP contribution in [0.1, 0.15) is 21.5 Å². The van der Waals surface area contributed by atoms with Crippen molar-refractivity contribution in [3.05, 3.63) is 76.6 Å². The van der Waals surface area contributed by atoms with E-state index in [0.717, 1.165) is 27.3 Å². The smallest absolute Gasteiger partial charge is 0.248 e. The van der Waals surface area contributed by atoms with Crippen LogP contribution < -0.4 is 5.73 Å².